The summed E-state index contributed by atoms with van der Waals surface area (Å²) in [6.45, 7) is 0. The van der Waals surface area contributed by atoms with Gasteiger partial charge in [-0.15, -0.1) is 0 Å². The maximum atomic E-state index is 6.75. The van der Waals surface area contributed by atoms with E-state index >= 15 is 0 Å². The Morgan fingerprint density at radius 3 is 1.93 bits per heavy atom. The Labute approximate surface area is 257 Å². The predicted molar refractivity (Wildman–Crippen MR) is 181 cm³/mol. The van der Waals surface area contributed by atoms with Crippen LogP contribution in [0.5, 0.6) is 0 Å². The Hall–Kier alpha value is -5.58. The molecule has 0 atom stereocenters. The molecule has 7 aromatic carbocycles. The molecule has 0 radical (unpaired) electrons. The zero-order valence-corrected chi connectivity index (χ0v) is 24.1. The average molecular weight is 584 g/mol. The van der Waals surface area contributed by atoms with Crippen LogP contribution in [0.2, 0.25) is 5.02 Å². The highest BCUT2D eigenvalue weighted by Gasteiger charge is 2.20. The Morgan fingerprint density at radius 2 is 1.09 bits per heavy atom. The lowest BCUT2D eigenvalue weighted by Gasteiger charge is -2.13. The van der Waals surface area contributed by atoms with Crippen molar-refractivity contribution >= 4 is 65.9 Å². The molecule has 44 heavy (non-hydrogen) atoms. The summed E-state index contributed by atoms with van der Waals surface area (Å²) in [6.07, 6.45) is 0. The molecule has 0 saturated heterocycles. The number of rotatable bonds is 3. The van der Waals surface area contributed by atoms with Crippen LogP contribution in [-0.4, -0.2) is 15.0 Å². The zero-order valence-electron chi connectivity index (χ0n) is 23.3. The lowest BCUT2D eigenvalue weighted by Crippen LogP contribution is -2.01. The molecular formula is C39H22ClN3O. The van der Waals surface area contributed by atoms with Gasteiger partial charge < -0.3 is 4.42 Å². The maximum Gasteiger partial charge on any atom is 0.167 e. The van der Waals surface area contributed by atoms with E-state index in [0.29, 0.717) is 28.1 Å². The topological polar surface area (TPSA) is 51.8 Å². The third kappa shape index (κ3) is 3.89. The number of furan rings is 1. The minimum atomic E-state index is 0.524. The number of hydrogen-bond donors (Lipinski definition) is 0. The summed E-state index contributed by atoms with van der Waals surface area (Å²) in [5.41, 5.74) is 4.04. The molecule has 0 fully saturated rings. The number of halogens is 1. The molecule has 4 nitrogen and oxygen atoms in total. The van der Waals surface area contributed by atoms with Crippen LogP contribution in [0.25, 0.3) is 88.4 Å². The molecule has 0 bridgehead atoms. The van der Waals surface area contributed by atoms with Gasteiger partial charge in [0.2, 0.25) is 0 Å². The highest BCUT2D eigenvalue weighted by molar-refractivity contribution is 6.38. The van der Waals surface area contributed by atoms with Crippen molar-refractivity contribution in [2.24, 2.45) is 0 Å². The molecule has 0 spiro atoms. The van der Waals surface area contributed by atoms with Gasteiger partial charge in [0.25, 0.3) is 0 Å². The first-order valence-corrected chi connectivity index (χ1v) is 14.9. The molecule has 0 aliphatic carbocycles. The average Bonchev–Trinajstić information content (AvgIpc) is 3.48. The van der Waals surface area contributed by atoms with E-state index in [1.165, 1.54) is 5.39 Å². The summed E-state index contributed by atoms with van der Waals surface area (Å²) in [4.78, 5) is 15.3. The van der Waals surface area contributed by atoms with Crippen LogP contribution in [0.15, 0.2) is 138 Å². The molecule has 0 amide bonds. The first kappa shape index (κ1) is 25.0. The molecule has 0 aliphatic heterocycles. The Kier molecular flexibility index (Phi) is 5.52. The summed E-state index contributed by atoms with van der Waals surface area (Å²) in [6, 6.07) is 45.4. The number of nitrogens with zero attached hydrogens (tertiary/aromatic N) is 3. The van der Waals surface area contributed by atoms with Crippen molar-refractivity contribution in [2.45, 2.75) is 0 Å². The third-order valence-electron chi connectivity index (χ3n) is 8.37. The highest BCUT2D eigenvalue weighted by Crippen LogP contribution is 2.40. The SMILES string of the molecule is Clc1ccc(-c2nc(-c3ccc4ccccc4c3)nc(-c3cc4ccccc4c4ccccc34)n2)c2oc3ccccc3c12. The molecule has 0 aliphatic rings. The molecule has 2 heterocycles. The maximum absolute atomic E-state index is 6.75. The van der Waals surface area contributed by atoms with E-state index in [1.54, 1.807) is 0 Å². The smallest absolute Gasteiger partial charge is 0.167 e. The van der Waals surface area contributed by atoms with Crippen molar-refractivity contribution in [1.82, 2.24) is 15.0 Å². The number of benzene rings is 7. The second-order valence-corrected chi connectivity index (χ2v) is 11.4. The van der Waals surface area contributed by atoms with Gasteiger partial charge in [0, 0.05) is 21.9 Å². The van der Waals surface area contributed by atoms with Crippen LogP contribution in [-0.2, 0) is 0 Å². The van der Waals surface area contributed by atoms with Gasteiger partial charge >= 0.3 is 0 Å². The summed E-state index contributed by atoms with van der Waals surface area (Å²) in [5, 5.41) is 9.27. The van der Waals surface area contributed by atoms with E-state index in [4.69, 9.17) is 31.0 Å². The Morgan fingerprint density at radius 1 is 0.455 bits per heavy atom. The molecule has 0 unspecified atom stereocenters. The van der Waals surface area contributed by atoms with Crippen molar-refractivity contribution in [3.63, 3.8) is 0 Å². The number of fused-ring (bicyclic) bond motifs is 7. The normalized spacial score (nSPS) is 11.8. The van der Waals surface area contributed by atoms with Crippen molar-refractivity contribution in [3.8, 4) is 34.2 Å². The summed E-state index contributed by atoms with van der Waals surface area (Å²) < 4.78 is 6.41. The first-order valence-electron chi connectivity index (χ1n) is 14.5. The van der Waals surface area contributed by atoms with Gasteiger partial charge in [-0.25, -0.2) is 15.0 Å². The summed E-state index contributed by atoms with van der Waals surface area (Å²) in [5.74, 6) is 1.71. The van der Waals surface area contributed by atoms with Crippen molar-refractivity contribution in [3.05, 3.63) is 138 Å². The third-order valence-corrected chi connectivity index (χ3v) is 8.68. The summed E-state index contributed by atoms with van der Waals surface area (Å²) >= 11 is 6.75. The van der Waals surface area contributed by atoms with E-state index < -0.39 is 0 Å². The number of hydrogen-bond acceptors (Lipinski definition) is 4. The zero-order chi connectivity index (χ0) is 29.2. The van der Waals surface area contributed by atoms with Gasteiger partial charge in [0.15, 0.2) is 17.5 Å². The lowest BCUT2D eigenvalue weighted by molar-refractivity contribution is 0.669. The fraction of sp³-hybridized carbons (Fsp3) is 0. The largest absolute Gasteiger partial charge is 0.455 e. The first-order chi connectivity index (χ1) is 21.7. The van der Waals surface area contributed by atoms with Crippen molar-refractivity contribution in [1.29, 1.82) is 0 Å². The number of aromatic nitrogens is 3. The van der Waals surface area contributed by atoms with Crippen LogP contribution in [0.4, 0.5) is 0 Å². The van der Waals surface area contributed by atoms with Crippen LogP contribution in [0.3, 0.4) is 0 Å². The van der Waals surface area contributed by atoms with E-state index in [0.717, 1.165) is 60.0 Å². The van der Waals surface area contributed by atoms with E-state index in [2.05, 4.69) is 84.9 Å². The van der Waals surface area contributed by atoms with Gasteiger partial charge in [-0.3, -0.25) is 0 Å². The second-order valence-electron chi connectivity index (χ2n) is 11.0. The monoisotopic (exact) mass is 583 g/mol. The van der Waals surface area contributed by atoms with Crippen molar-refractivity contribution < 1.29 is 4.42 Å². The van der Waals surface area contributed by atoms with Crippen molar-refractivity contribution in [2.75, 3.05) is 0 Å². The lowest BCUT2D eigenvalue weighted by atomic mass is 9.97. The molecule has 2 aromatic heterocycles. The van der Waals surface area contributed by atoms with E-state index in [1.807, 2.05) is 48.5 Å². The van der Waals surface area contributed by atoms with E-state index in [-0.39, 0.29) is 0 Å². The second kappa shape index (κ2) is 9.73. The van der Waals surface area contributed by atoms with Crippen LogP contribution in [0.1, 0.15) is 0 Å². The Balaban J connectivity index is 1.37. The molecule has 206 valence electrons. The fourth-order valence-electron chi connectivity index (χ4n) is 6.28. The standard InChI is InChI=1S/C39H22ClN3O/c40-33-20-19-31(36-35(33)30-15-7-8-16-34(30)44-36)38-41-37(26-18-17-23-9-1-2-10-24(23)21-26)42-39(43-38)32-22-25-11-3-4-12-27(25)28-13-5-6-14-29(28)32/h1-22H. The van der Waals surface area contributed by atoms with Gasteiger partial charge in [0.1, 0.15) is 11.2 Å². The Bertz CT molecular complexity index is 2590. The molecular weight excluding hydrogens is 562 g/mol. The van der Waals surface area contributed by atoms with Crippen LogP contribution >= 0.6 is 11.6 Å². The highest BCUT2D eigenvalue weighted by atomic mass is 35.5. The molecule has 0 N–H and O–H groups in total. The molecule has 0 saturated carbocycles. The van der Waals surface area contributed by atoms with Gasteiger partial charge in [0.05, 0.1) is 10.6 Å². The minimum Gasteiger partial charge on any atom is -0.455 e. The summed E-state index contributed by atoms with van der Waals surface area (Å²) in [7, 11) is 0. The molecule has 5 heteroatoms. The molecule has 9 aromatic rings. The minimum absolute atomic E-state index is 0.524. The predicted octanol–water partition coefficient (Wildman–Crippen LogP) is 10.9. The number of para-hydroxylation sites is 1. The fourth-order valence-corrected chi connectivity index (χ4v) is 6.53. The van der Waals surface area contributed by atoms with Crippen LogP contribution < -0.4 is 0 Å². The quantitative estimate of drug-likeness (QED) is 0.194. The van der Waals surface area contributed by atoms with Gasteiger partial charge in [-0.1, -0.05) is 115 Å². The van der Waals surface area contributed by atoms with Gasteiger partial charge in [-0.05, 0) is 62.6 Å². The molecule has 9 rings (SSSR count). The van der Waals surface area contributed by atoms with E-state index in [9.17, 15) is 0 Å². The van der Waals surface area contributed by atoms with Gasteiger partial charge in [-0.2, -0.15) is 0 Å². The van der Waals surface area contributed by atoms with Crippen LogP contribution in [0, 0.1) is 0 Å².